The number of thiol groups is 1. The minimum atomic E-state index is -1.60. The molecule has 0 fully saturated rings. The number of nitrogens with one attached hydrogen (secondary N) is 4. The van der Waals surface area contributed by atoms with E-state index in [1.807, 2.05) is 0 Å². The van der Waals surface area contributed by atoms with Crippen LogP contribution >= 0.6 is 12.6 Å². The fraction of sp³-hybridized carbons (Fsp3) is 0.387. The summed E-state index contributed by atoms with van der Waals surface area (Å²) in [5.74, 6) is -9.80. The van der Waals surface area contributed by atoms with E-state index in [1.54, 1.807) is 12.1 Å². The number of anilines is 2. The molecule has 1 aromatic carbocycles. The smallest absolute Gasteiger partial charge is 0.307 e. The molecule has 52 heavy (non-hydrogen) atoms. The first-order valence-corrected chi connectivity index (χ1v) is 16.2. The number of carboxylic acids is 3. The lowest BCUT2D eigenvalue weighted by molar-refractivity contribution is -0.143. The van der Waals surface area contributed by atoms with E-state index in [0.29, 0.717) is 11.4 Å². The summed E-state index contributed by atoms with van der Waals surface area (Å²) in [6.07, 6.45) is -1.10. The number of hydrogen-bond donors (Lipinski definition) is 10. The fourth-order valence-corrected chi connectivity index (χ4v) is 5.03. The molecule has 21 heteroatoms. The highest BCUT2D eigenvalue weighted by Gasteiger charge is 2.30. The molecular formula is C31H37N9O11S. The summed E-state index contributed by atoms with van der Waals surface area (Å²) in [7, 11) is 0. The largest absolute Gasteiger partial charge is 0.481 e. The number of aromatic amines is 1. The number of ketones is 2. The van der Waals surface area contributed by atoms with Crippen LogP contribution in [0.5, 0.6) is 0 Å². The van der Waals surface area contributed by atoms with Gasteiger partial charge in [0.2, 0.25) is 17.8 Å². The standard InChI is InChI=1S/C31H37N9O11S/c32-19(28(48)38-20(9-24(45)46)22(42)8-16(13-52)30(50)51)12-36-27(47)15(3-6-23(43)44)7-21(41)14-1-4-17(5-2-14)34-10-18-11-35-26-25(37-18)29(49)40-31(33)39-26/h1-2,4-5,11,15-16,19-20,34,52H,3,6-10,12-13,32H2,(H,36,47)(H,38,48)(H,43,44)(H,45,46)(H,50,51)(H3,33,35,39,40,49)/t15-,16-,19-,20-/m0/s1. The zero-order chi connectivity index (χ0) is 38.5. The van der Waals surface area contributed by atoms with E-state index in [0.717, 1.165) is 0 Å². The summed E-state index contributed by atoms with van der Waals surface area (Å²) in [5.41, 5.74) is 12.1. The first kappa shape index (κ1) is 40.5. The maximum absolute atomic E-state index is 13.1. The molecule has 0 aliphatic carbocycles. The van der Waals surface area contributed by atoms with E-state index in [9.17, 15) is 53.7 Å². The number of nitrogens with zero attached hydrogens (tertiary/aromatic N) is 3. The molecule has 11 N–H and O–H groups in total. The van der Waals surface area contributed by atoms with Gasteiger partial charge in [-0.25, -0.2) is 9.97 Å². The SMILES string of the molecule is Nc1nc2ncc(CNc3ccc(C(=O)C[C@H](CCC(=O)O)C(=O)NC[C@H](N)C(=O)N[C@@H](CC(=O)O)C(=O)C[C@@H](CS)C(=O)O)cc3)nc2c(=O)[nH]1. The van der Waals surface area contributed by atoms with Crippen LogP contribution in [0.3, 0.4) is 0 Å². The van der Waals surface area contributed by atoms with E-state index < -0.39 is 103 Å². The van der Waals surface area contributed by atoms with Crippen molar-refractivity contribution in [3.63, 3.8) is 0 Å². The zero-order valence-electron chi connectivity index (χ0n) is 27.4. The summed E-state index contributed by atoms with van der Waals surface area (Å²) >= 11 is 3.87. The molecule has 0 aliphatic rings. The van der Waals surface area contributed by atoms with E-state index in [-0.39, 0.29) is 41.4 Å². The highest BCUT2D eigenvalue weighted by molar-refractivity contribution is 7.80. The van der Waals surface area contributed by atoms with Gasteiger partial charge in [-0.05, 0) is 30.7 Å². The van der Waals surface area contributed by atoms with Crippen molar-refractivity contribution < 1.29 is 48.9 Å². The molecule has 0 saturated carbocycles. The summed E-state index contributed by atoms with van der Waals surface area (Å²) in [4.78, 5) is 112. The van der Waals surface area contributed by atoms with Crippen LogP contribution < -0.4 is 33.0 Å². The van der Waals surface area contributed by atoms with Gasteiger partial charge in [-0.15, -0.1) is 0 Å². The molecule has 278 valence electrons. The zero-order valence-corrected chi connectivity index (χ0v) is 28.3. The number of rotatable bonds is 21. The lowest BCUT2D eigenvalue weighted by atomic mass is 9.93. The van der Waals surface area contributed by atoms with Crippen LogP contribution in [0, 0.1) is 11.8 Å². The number of H-pyrrole nitrogens is 1. The van der Waals surface area contributed by atoms with E-state index in [2.05, 4.69) is 48.5 Å². The molecule has 2 heterocycles. The number of amides is 2. The second kappa shape index (κ2) is 18.9. The minimum Gasteiger partial charge on any atom is -0.481 e. The van der Waals surface area contributed by atoms with E-state index in [1.165, 1.54) is 18.3 Å². The van der Waals surface area contributed by atoms with Crippen molar-refractivity contribution in [3.05, 3.63) is 52.1 Å². The van der Waals surface area contributed by atoms with Gasteiger partial charge >= 0.3 is 17.9 Å². The van der Waals surface area contributed by atoms with Crippen molar-refractivity contribution in [2.75, 3.05) is 23.3 Å². The quantitative estimate of drug-likeness (QED) is 0.0460. The van der Waals surface area contributed by atoms with Gasteiger partial charge in [-0.2, -0.15) is 17.6 Å². The molecule has 20 nitrogen and oxygen atoms in total. The molecule has 0 unspecified atom stereocenters. The second-order valence-electron chi connectivity index (χ2n) is 11.6. The van der Waals surface area contributed by atoms with Crippen LogP contribution in [0.15, 0.2) is 35.3 Å². The molecular weight excluding hydrogens is 706 g/mol. The van der Waals surface area contributed by atoms with Gasteiger partial charge in [0.25, 0.3) is 5.56 Å². The molecule has 0 aliphatic heterocycles. The van der Waals surface area contributed by atoms with Crippen LogP contribution in [0.4, 0.5) is 11.6 Å². The minimum absolute atomic E-state index is 0.00908. The molecule has 3 rings (SSSR count). The lowest BCUT2D eigenvalue weighted by Gasteiger charge is -2.21. The van der Waals surface area contributed by atoms with Crippen LogP contribution in [-0.2, 0) is 35.3 Å². The van der Waals surface area contributed by atoms with Gasteiger partial charge in [0.15, 0.2) is 22.7 Å². The number of nitrogens with two attached hydrogens (primary N) is 2. The molecule has 2 amide bonds. The highest BCUT2D eigenvalue weighted by atomic mass is 32.1. The van der Waals surface area contributed by atoms with Gasteiger partial charge in [0, 0.05) is 48.7 Å². The monoisotopic (exact) mass is 743 g/mol. The lowest BCUT2D eigenvalue weighted by Crippen LogP contribution is -2.53. The number of carbonyl (C=O) groups excluding carboxylic acids is 4. The van der Waals surface area contributed by atoms with Crippen molar-refractivity contribution in [3.8, 4) is 0 Å². The Balaban J connectivity index is 1.59. The third-order valence-electron chi connectivity index (χ3n) is 7.61. The van der Waals surface area contributed by atoms with Gasteiger partial charge in [0.1, 0.15) is 6.04 Å². The third kappa shape index (κ3) is 12.1. The molecule has 0 saturated heterocycles. The number of aromatic nitrogens is 4. The van der Waals surface area contributed by atoms with Crippen molar-refractivity contribution in [2.24, 2.45) is 17.6 Å². The number of fused-ring (bicyclic) bond motifs is 1. The van der Waals surface area contributed by atoms with Crippen molar-refractivity contribution >= 4 is 76.7 Å². The molecule has 0 radical (unpaired) electrons. The predicted octanol–water partition coefficient (Wildman–Crippen LogP) is -1.05. The van der Waals surface area contributed by atoms with Crippen LogP contribution in [-0.4, -0.2) is 101 Å². The normalized spacial score (nSPS) is 13.3. The van der Waals surface area contributed by atoms with Crippen LogP contribution in [0.1, 0.15) is 48.2 Å². The van der Waals surface area contributed by atoms with Gasteiger partial charge in [0.05, 0.1) is 36.8 Å². The second-order valence-corrected chi connectivity index (χ2v) is 11.9. The van der Waals surface area contributed by atoms with Crippen molar-refractivity contribution in [2.45, 2.75) is 50.7 Å². The number of aliphatic carboxylic acids is 3. The topological polar surface area (TPSA) is 340 Å². The first-order valence-electron chi connectivity index (χ1n) is 15.6. The van der Waals surface area contributed by atoms with Crippen LogP contribution in [0.2, 0.25) is 0 Å². The Kier molecular flexibility index (Phi) is 14.7. The van der Waals surface area contributed by atoms with E-state index in [4.69, 9.17) is 11.5 Å². The van der Waals surface area contributed by atoms with Crippen LogP contribution in [0.25, 0.3) is 11.2 Å². The van der Waals surface area contributed by atoms with Gasteiger partial charge in [-0.1, -0.05) is 0 Å². The number of carboxylic acid groups (broad SMARTS) is 3. The van der Waals surface area contributed by atoms with Gasteiger partial charge < -0.3 is 42.7 Å². The Morgan fingerprint density at radius 2 is 1.60 bits per heavy atom. The van der Waals surface area contributed by atoms with Crippen molar-refractivity contribution in [1.82, 2.24) is 30.6 Å². The molecule has 3 aromatic rings. The first-order chi connectivity index (χ1) is 24.6. The average molecular weight is 744 g/mol. The number of hydrogen-bond acceptors (Lipinski definition) is 15. The maximum atomic E-state index is 13.1. The highest BCUT2D eigenvalue weighted by Crippen LogP contribution is 2.19. The van der Waals surface area contributed by atoms with Gasteiger partial charge in [-0.3, -0.25) is 43.3 Å². The number of nitrogen functional groups attached to an aromatic ring is 1. The third-order valence-corrected chi connectivity index (χ3v) is 8.05. The maximum Gasteiger partial charge on any atom is 0.307 e. The Bertz CT molecular complexity index is 1890. The Hall–Kier alpha value is -5.96. The number of benzene rings is 1. The average Bonchev–Trinajstić information content (AvgIpc) is 3.09. The van der Waals surface area contributed by atoms with E-state index >= 15 is 0 Å². The summed E-state index contributed by atoms with van der Waals surface area (Å²) in [6, 6.07) is 3.05. The molecule has 0 spiro atoms. The summed E-state index contributed by atoms with van der Waals surface area (Å²) in [6.45, 7) is -0.360. The van der Waals surface area contributed by atoms with Crippen molar-refractivity contribution in [1.29, 1.82) is 0 Å². The Labute approximate surface area is 299 Å². The number of Topliss-reactive ketones (excluding diaryl/α,β-unsaturated/α-hetero) is 2. The fourth-order valence-electron chi connectivity index (χ4n) is 4.75. The molecule has 4 atom stereocenters. The predicted molar refractivity (Wildman–Crippen MR) is 185 cm³/mol. The summed E-state index contributed by atoms with van der Waals surface area (Å²) in [5, 5.41) is 35.2. The Morgan fingerprint density at radius 1 is 0.904 bits per heavy atom. The molecule has 2 aromatic heterocycles. The number of carbonyl (C=O) groups is 7. The molecule has 0 bridgehead atoms. The summed E-state index contributed by atoms with van der Waals surface area (Å²) < 4.78 is 0. The Morgan fingerprint density at radius 3 is 2.21 bits per heavy atom.